The molecule has 21 heavy (non-hydrogen) atoms. The number of benzene rings is 1. The Morgan fingerprint density at radius 2 is 2.14 bits per heavy atom. The number of rotatable bonds is 3. The minimum Gasteiger partial charge on any atom is -0.297 e. The molecule has 0 saturated carbocycles. The van der Waals surface area contributed by atoms with Crippen molar-refractivity contribution in [1.29, 1.82) is 0 Å². The van der Waals surface area contributed by atoms with Crippen molar-refractivity contribution in [2.75, 3.05) is 25.9 Å². The molecule has 2 saturated heterocycles. The van der Waals surface area contributed by atoms with E-state index in [2.05, 4.69) is 4.90 Å². The van der Waals surface area contributed by atoms with E-state index in [1.165, 1.54) is 18.4 Å². The van der Waals surface area contributed by atoms with Gasteiger partial charge in [0.15, 0.2) is 0 Å². The topological polar surface area (TPSA) is 40.6 Å². The summed E-state index contributed by atoms with van der Waals surface area (Å²) in [5.41, 5.74) is 0.561. The van der Waals surface area contributed by atoms with Crippen molar-refractivity contribution in [2.45, 2.75) is 19.0 Å². The van der Waals surface area contributed by atoms with Gasteiger partial charge in [0.2, 0.25) is 10.0 Å². The van der Waals surface area contributed by atoms with Gasteiger partial charge in [-0.25, -0.2) is 12.8 Å². The number of sulfonamides is 1. The van der Waals surface area contributed by atoms with Crippen LogP contribution in [0, 0.1) is 11.7 Å². The zero-order chi connectivity index (χ0) is 15.2. The van der Waals surface area contributed by atoms with Gasteiger partial charge in [-0.05, 0) is 37.1 Å². The normalized spacial score (nSPS) is 27.2. The van der Waals surface area contributed by atoms with Crippen molar-refractivity contribution >= 4 is 21.6 Å². The fourth-order valence-corrected chi connectivity index (χ4v) is 4.63. The second-order valence-electron chi connectivity index (χ2n) is 5.92. The van der Waals surface area contributed by atoms with Gasteiger partial charge in [-0.2, -0.15) is 4.31 Å². The fraction of sp³-hybridized carbons (Fsp3) is 0.571. The van der Waals surface area contributed by atoms with E-state index in [1.807, 2.05) is 0 Å². The number of piperidine rings is 1. The van der Waals surface area contributed by atoms with E-state index in [4.69, 9.17) is 11.6 Å². The fourth-order valence-electron chi connectivity index (χ4n) is 3.24. The van der Waals surface area contributed by atoms with Gasteiger partial charge >= 0.3 is 0 Å². The average Bonchev–Trinajstić information content (AvgIpc) is 2.35. The molecule has 0 amide bonds. The Morgan fingerprint density at radius 3 is 2.86 bits per heavy atom. The molecule has 2 aliphatic heterocycles. The van der Waals surface area contributed by atoms with Crippen LogP contribution in [0.3, 0.4) is 0 Å². The number of hydrogen-bond donors (Lipinski definition) is 0. The second kappa shape index (κ2) is 5.50. The largest absolute Gasteiger partial charge is 0.297 e. The van der Waals surface area contributed by atoms with E-state index in [0.717, 1.165) is 13.0 Å². The first-order valence-electron chi connectivity index (χ1n) is 6.97. The molecule has 1 aromatic carbocycles. The molecule has 0 aromatic heterocycles. The maximum absolute atomic E-state index is 13.8. The van der Waals surface area contributed by atoms with Crippen molar-refractivity contribution in [2.24, 2.45) is 5.92 Å². The van der Waals surface area contributed by atoms with Crippen LogP contribution in [0.15, 0.2) is 18.2 Å². The first-order valence-corrected chi connectivity index (χ1v) is 9.20. The Hall–Kier alpha value is -0.690. The quantitative estimate of drug-likeness (QED) is 0.849. The summed E-state index contributed by atoms with van der Waals surface area (Å²) < 4.78 is 38.7. The highest BCUT2D eigenvalue weighted by atomic mass is 35.5. The third-order valence-electron chi connectivity index (χ3n) is 4.42. The number of halogens is 2. The van der Waals surface area contributed by atoms with Gasteiger partial charge in [-0.1, -0.05) is 11.6 Å². The standard InChI is InChI=1S/C14H18ClFN2O2S/c1-21(19,20)18-8-10-4-5-17(9-14(10)18)7-11-6-12(15)2-3-13(11)16/h2-3,6,10,14H,4-5,7-9H2,1H3/t10-,14-/m1/s1. The van der Waals surface area contributed by atoms with Gasteiger partial charge < -0.3 is 0 Å². The Kier molecular flexibility index (Phi) is 3.98. The highest BCUT2D eigenvalue weighted by molar-refractivity contribution is 7.88. The summed E-state index contributed by atoms with van der Waals surface area (Å²) >= 11 is 5.91. The van der Waals surface area contributed by atoms with Gasteiger partial charge in [0.25, 0.3) is 0 Å². The molecule has 0 radical (unpaired) electrons. The molecule has 0 N–H and O–H groups in total. The molecule has 1 aromatic rings. The van der Waals surface area contributed by atoms with E-state index in [0.29, 0.717) is 36.1 Å². The zero-order valence-electron chi connectivity index (χ0n) is 11.8. The summed E-state index contributed by atoms with van der Waals surface area (Å²) in [5.74, 6) is 0.176. The molecule has 2 aliphatic rings. The molecule has 116 valence electrons. The van der Waals surface area contributed by atoms with E-state index in [9.17, 15) is 12.8 Å². The summed E-state index contributed by atoms with van der Waals surface area (Å²) in [6, 6.07) is 4.58. The Balaban J connectivity index is 1.69. The monoisotopic (exact) mass is 332 g/mol. The van der Waals surface area contributed by atoms with E-state index in [-0.39, 0.29) is 11.9 Å². The third-order valence-corrected chi connectivity index (χ3v) is 5.92. The molecule has 0 aliphatic carbocycles. The first kappa shape index (κ1) is 15.2. The third kappa shape index (κ3) is 3.08. The van der Waals surface area contributed by atoms with Crippen molar-refractivity contribution in [3.8, 4) is 0 Å². The molecular weight excluding hydrogens is 315 g/mol. The predicted octanol–water partition coefficient (Wildman–Crippen LogP) is 1.94. The van der Waals surface area contributed by atoms with Crippen LogP contribution in [0.4, 0.5) is 4.39 Å². The molecule has 4 nitrogen and oxygen atoms in total. The number of hydrogen-bond acceptors (Lipinski definition) is 3. The van der Waals surface area contributed by atoms with E-state index >= 15 is 0 Å². The Morgan fingerprint density at radius 1 is 1.38 bits per heavy atom. The summed E-state index contributed by atoms with van der Waals surface area (Å²) in [7, 11) is -3.14. The SMILES string of the molecule is CS(=O)(=O)N1C[C@H]2CCN(Cc3cc(Cl)ccc3F)C[C@H]21. The molecule has 7 heteroatoms. The van der Waals surface area contributed by atoms with Crippen molar-refractivity contribution < 1.29 is 12.8 Å². The molecule has 2 fully saturated rings. The Labute approximate surface area is 129 Å². The lowest BCUT2D eigenvalue weighted by Crippen LogP contribution is -2.65. The van der Waals surface area contributed by atoms with Gasteiger partial charge in [0, 0.05) is 36.3 Å². The summed E-state index contributed by atoms with van der Waals surface area (Å²) in [6.45, 7) is 2.62. The second-order valence-corrected chi connectivity index (χ2v) is 8.29. The van der Waals surface area contributed by atoms with Crippen molar-refractivity contribution in [3.63, 3.8) is 0 Å². The van der Waals surface area contributed by atoms with Crippen LogP contribution < -0.4 is 0 Å². The summed E-state index contributed by atoms with van der Waals surface area (Å²) in [5, 5.41) is 0.516. The number of likely N-dealkylation sites (tertiary alicyclic amines) is 1. The van der Waals surface area contributed by atoms with Crippen LogP contribution in [0.5, 0.6) is 0 Å². The summed E-state index contributed by atoms with van der Waals surface area (Å²) in [4.78, 5) is 2.10. The minimum atomic E-state index is -3.14. The highest BCUT2D eigenvalue weighted by Crippen LogP contribution is 2.34. The number of nitrogens with zero attached hydrogens (tertiary/aromatic N) is 2. The van der Waals surface area contributed by atoms with Crippen LogP contribution in [0.1, 0.15) is 12.0 Å². The maximum atomic E-state index is 13.8. The molecule has 2 heterocycles. The van der Waals surface area contributed by atoms with Gasteiger partial charge in [0.1, 0.15) is 5.82 Å². The van der Waals surface area contributed by atoms with Crippen molar-refractivity contribution in [1.82, 2.24) is 9.21 Å². The first-order chi connectivity index (χ1) is 9.84. The van der Waals surface area contributed by atoms with E-state index < -0.39 is 10.0 Å². The smallest absolute Gasteiger partial charge is 0.211 e. The van der Waals surface area contributed by atoms with Gasteiger partial charge in [-0.15, -0.1) is 0 Å². The lowest BCUT2D eigenvalue weighted by atomic mass is 9.84. The number of fused-ring (bicyclic) bond motifs is 1. The molecule has 0 spiro atoms. The van der Waals surface area contributed by atoms with Crippen LogP contribution in [0.2, 0.25) is 5.02 Å². The molecule has 2 atom stereocenters. The lowest BCUT2D eigenvalue weighted by molar-refractivity contribution is 0.0107. The van der Waals surface area contributed by atoms with Crippen LogP contribution in [-0.2, 0) is 16.6 Å². The highest BCUT2D eigenvalue weighted by Gasteiger charge is 2.46. The average molecular weight is 333 g/mol. The maximum Gasteiger partial charge on any atom is 0.211 e. The van der Waals surface area contributed by atoms with Crippen LogP contribution in [-0.4, -0.2) is 49.6 Å². The minimum absolute atomic E-state index is 0.0380. The van der Waals surface area contributed by atoms with Gasteiger partial charge in [0.05, 0.1) is 6.26 Å². The summed E-state index contributed by atoms with van der Waals surface area (Å²) in [6.07, 6.45) is 2.21. The van der Waals surface area contributed by atoms with Crippen molar-refractivity contribution in [3.05, 3.63) is 34.6 Å². The predicted molar refractivity (Wildman–Crippen MR) is 80.1 cm³/mol. The Bertz CT molecular complexity index is 652. The molecular formula is C14H18ClFN2O2S. The lowest BCUT2D eigenvalue weighted by Gasteiger charge is -2.52. The molecule has 0 bridgehead atoms. The van der Waals surface area contributed by atoms with E-state index in [1.54, 1.807) is 10.4 Å². The molecule has 3 rings (SSSR count). The van der Waals surface area contributed by atoms with Crippen LogP contribution >= 0.6 is 11.6 Å². The molecule has 0 unspecified atom stereocenters. The van der Waals surface area contributed by atoms with Crippen LogP contribution in [0.25, 0.3) is 0 Å². The van der Waals surface area contributed by atoms with Gasteiger partial charge in [-0.3, -0.25) is 4.90 Å². The zero-order valence-corrected chi connectivity index (χ0v) is 13.4.